The quantitative estimate of drug-likeness (QED) is 0.452. The molecule has 0 aliphatic rings. The number of aromatic nitrogens is 3. The standard InChI is InChI=1S/C23H28N8O3/c1-23(2,3)34-22(33)26-18(12-16-13-31(4)14-25-16)21(32)28-19-11-10-17(20(24)27-19)30-29-15-8-6-5-7-9-15/h5-11,13-14,18H,12H2,1-4H3,(H,26,33)(H3,24,27,28,32). The number of ether oxygens (including phenoxy) is 1. The number of carbonyl (C=O) groups excluding carboxylic acids is 2. The van der Waals surface area contributed by atoms with Crippen molar-refractivity contribution >= 4 is 35.0 Å². The summed E-state index contributed by atoms with van der Waals surface area (Å²) in [6.07, 6.45) is 2.82. The summed E-state index contributed by atoms with van der Waals surface area (Å²) < 4.78 is 7.05. The number of azo groups is 1. The highest BCUT2D eigenvalue weighted by Gasteiger charge is 2.26. The number of hydrogen-bond acceptors (Lipinski definition) is 8. The number of carbonyl (C=O) groups is 2. The predicted octanol–water partition coefficient (Wildman–Crippen LogP) is 3.89. The molecule has 0 saturated heterocycles. The topological polar surface area (TPSA) is 149 Å². The van der Waals surface area contributed by atoms with Crippen LogP contribution in [0.5, 0.6) is 0 Å². The van der Waals surface area contributed by atoms with Gasteiger partial charge >= 0.3 is 6.09 Å². The first kappa shape index (κ1) is 24.4. The van der Waals surface area contributed by atoms with E-state index in [9.17, 15) is 9.59 Å². The molecule has 1 atom stereocenters. The molecule has 178 valence electrons. The van der Waals surface area contributed by atoms with Crippen molar-refractivity contribution in [3.05, 3.63) is 60.7 Å². The zero-order valence-corrected chi connectivity index (χ0v) is 19.5. The van der Waals surface area contributed by atoms with Crippen LogP contribution in [0.4, 0.5) is 27.8 Å². The highest BCUT2D eigenvalue weighted by atomic mass is 16.6. The average molecular weight is 465 g/mol. The van der Waals surface area contributed by atoms with Crippen molar-refractivity contribution in [1.82, 2.24) is 19.9 Å². The van der Waals surface area contributed by atoms with Gasteiger partial charge in [0.05, 0.1) is 17.7 Å². The Hall–Kier alpha value is -4.28. The fourth-order valence-electron chi connectivity index (χ4n) is 2.88. The number of nitrogens with zero attached hydrogens (tertiary/aromatic N) is 5. The molecule has 0 spiro atoms. The van der Waals surface area contributed by atoms with Crippen LogP contribution in [0.3, 0.4) is 0 Å². The monoisotopic (exact) mass is 464 g/mol. The van der Waals surface area contributed by atoms with Gasteiger partial charge in [-0.25, -0.2) is 14.8 Å². The lowest BCUT2D eigenvalue weighted by molar-refractivity contribution is -0.118. The number of anilines is 2. The van der Waals surface area contributed by atoms with Crippen LogP contribution in [0.15, 0.2) is 65.2 Å². The summed E-state index contributed by atoms with van der Waals surface area (Å²) in [5.41, 5.74) is 6.94. The van der Waals surface area contributed by atoms with Crippen molar-refractivity contribution in [3.63, 3.8) is 0 Å². The molecular weight excluding hydrogens is 436 g/mol. The maximum Gasteiger partial charge on any atom is 0.408 e. The Labute approximate surface area is 197 Å². The number of amides is 2. The number of alkyl carbamates (subject to hydrolysis) is 1. The van der Waals surface area contributed by atoms with Gasteiger partial charge in [-0.15, -0.1) is 5.11 Å². The lowest BCUT2D eigenvalue weighted by Gasteiger charge is -2.23. The second-order valence-electron chi connectivity index (χ2n) is 8.56. The molecule has 0 aliphatic carbocycles. The fourth-order valence-corrected chi connectivity index (χ4v) is 2.88. The molecule has 4 N–H and O–H groups in total. The van der Waals surface area contributed by atoms with E-state index in [0.29, 0.717) is 17.1 Å². The van der Waals surface area contributed by atoms with Crippen LogP contribution in [-0.2, 0) is 23.0 Å². The minimum Gasteiger partial charge on any atom is -0.444 e. The molecule has 2 amide bonds. The predicted molar refractivity (Wildman–Crippen MR) is 128 cm³/mol. The van der Waals surface area contributed by atoms with Gasteiger partial charge < -0.3 is 25.7 Å². The number of nitrogens with two attached hydrogens (primary N) is 1. The molecule has 11 heteroatoms. The second kappa shape index (κ2) is 10.6. The number of nitrogen functional groups attached to an aromatic ring is 1. The zero-order valence-electron chi connectivity index (χ0n) is 19.5. The van der Waals surface area contributed by atoms with Crippen molar-refractivity contribution in [2.45, 2.75) is 38.8 Å². The molecule has 1 aromatic carbocycles. The third-order valence-electron chi connectivity index (χ3n) is 4.36. The minimum atomic E-state index is -0.954. The maximum atomic E-state index is 13.0. The third-order valence-corrected chi connectivity index (χ3v) is 4.36. The van der Waals surface area contributed by atoms with Crippen LogP contribution in [0.25, 0.3) is 0 Å². The van der Waals surface area contributed by atoms with Crippen LogP contribution in [0.2, 0.25) is 0 Å². The van der Waals surface area contributed by atoms with E-state index in [1.807, 2.05) is 25.2 Å². The smallest absolute Gasteiger partial charge is 0.408 e. The van der Waals surface area contributed by atoms with Crippen molar-refractivity contribution in [1.29, 1.82) is 0 Å². The molecule has 0 bridgehead atoms. The number of hydrogen-bond donors (Lipinski definition) is 3. The summed E-state index contributed by atoms with van der Waals surface area (Å²) in [6, 6.07) is 11.4. The molecule has 2 heterocycles. The van der Waals surface area contributed by atoms with E-state index in [2.05, 4.69) is 30.8 Å². The molecular formula is C23H28N8O3. The normalized spacial score (nSPS) is 12.4. The average Bonchev–Trinajstić information content (AvgIpc) is 3.16. The van der Waals surface area contributed by atoms with Crippen molar-refractivity contribution in [2.75, 3.05) is 11.1 Å². The molecule has 0 saturated carbocycles. The molecule has 11 nitrogen and oxygen atoms in total. The molecule has 0 aliphatic heterocycles. The van der Waals surface area contributed by atoms with Crippen LogP contribution < -0.4 is 16.4 Å². The Balaban J connectivity index is 1.72. The number of aryl methyl sites for hydroxylation is 1. The Bertz CT molecular complexity index is 1170. The van der Waals surface area contributed by atoms with Gasteiger partial charge in [-0.3, -0.25) is 4.79 Å². The summed E-state index contributed by atoms with van der Waals surface area (Å²) in [5.74, 6) is -0.195. The third kappa shape index (κ3) is 7.40. The maximum absolute atomic E-state index is 13.0. The SMILES string of the molecule is Cn1cnc(CC(NC(=O)OC(C)(C)C)C(=O)Nc2ccc(N=Nc3ccccc3)c(N)n2)c1. The molecule has 3 rings (SSSR count). The van der Waals surface area contributed by atoms with Gasteiger partial charge in [0.1, 0.15) is 23.1 Å². The first-order valence-electron chi connectivity index (χ1n) is 10.6. The van der Waals surface area contributed by atoms with E-state index in [1.54, 1.807) is 62.1 Å². The Kier molecular flexibility index (Phi) is 7.57. The van der Waals surface area contributed by atoms with Gasteiger partial charge in [0, 0.05) is 19.7 Å². The van der Waals surface area contributed by atoms with Gasteiger partial charge in [-0.1, -0.05) is 18.2 Å². The fraction of sp³-hybridized carbons (Fsp3) is 0.304. The van der Waals surface area contributed by atoms with Crippen LogP contribution in [0, 0.1) is 0 Å². The van der Waals surface area contributed by atoms with Gasteiger partial charge in [0.2, 0.25) is 5.91 Å². The van der Waals surface area contributed by atoms with Gasteiger partial charge in [-0.2, -0.15) is 5.11 Å². The van der Waals surface area contributed by atoms with Crippen molar-refractivity contribution in [2.24, 2.45) is 17.3 Å². The number of imidazole rings is 1. The number of benzene rings is 1. The zero-order chi connectivity index (χ0) is 24.7. The first-order chi connectivity index (χ1) is 16.1. The van der Waals surface area contributed by atoms with Crippen molar-refractivity contribution < 1.29 is 14.3 Å². The van der Waals surface area contributed by atoms with Crippen LogP contribution >= 0.6 is 0 Å². The molecule has 1 unspecified atom stereocenters. The van der Waals surface area contributed by atoms with Gasteiger partial charge in [-0.05, 0) is 45.0 Å². The van der Waals surface area contributed by atoms with E-state index < -0.39 is 23.6 Å². The summed E-state index contributed by atoms with van der Waals surface area (Å²) in [4.78, 5) is 33.7. The Morgan fingerprint density at radius 1 is 1.15 bits per heavy atom. The van der Waals surface area contributed by atoms with E-state index in [-0.39, 0.29) is 18.1 Å². The number of rotatable bonds is 7. The van der Waals surface area contributed by atoms with E-state index in [0.717, 1.165) is 0 Å². The van der Waals surface area contributed by atoms with E-state index >= 15 is 0 Å². The van der Waals surface area contributed by atoms with Gasteiger partial charge in [0.15, 0.2) is 5.82 Å². The number of pyridine rings is 1. The largest absolute Gasteiger partial charge is 0.444 e. The number of nitrogens with one attached hydrogen (secondary N) is 2. The molecule has 0 fully saturated rings. The summed E-state index contributed by atoms with van der Waals surface area (Å²) in [6.45, 7) is 5.22. The minimum absolute atomic E-state index is 0.0962. The Morgan fingerprint density at radius 3 is 2.50 bits per heavy atom. The van der Waals surface area contributed by atoms with Crippen LogP contribution in [-0.4, -0.2) is 38.2 Å². The first-order valence-corrected chi connectivity index (χ1v) is 10.6. The lowest BCUT2D eigenvalue weighted by atomic mass is 10.1. The molecule has 2 aromatic heterocycles. The molecule has 34 heavy (non-hydrogen) atoms. The molecule has 0 radical (unpaired) electrons. The Morgan fingerprint density at radius 2 is 1.88 bits per heavy atom. The van der Waals surface area contributed by atoms with Crippen LogP contribution in [0.1, 0.15) is 26.5 Å². The van der Waals surface area contributed by atoms with Gasteiger partial charge in [0.25, 0.3) is 0 Å². The van der Waals surface area contributed by atoms with Crippen molar-refractivity contribution in [3.8, 4) is 0 Å². The summed E-state index contributed by atoms with van der Waals surface area (Å²) in [7, 11) is 1.82. The summed E-state index contributed by atoms with van der Waals surface area (Å²) in [5, 5.41) is 13.5. The van der Waals surface area contributed by atoms with E-state index in [1.165, 1.54) is 0 Å². The highest BCUT2D eigenvalue weighted by Crippen LogP contribution is 2.24. The highest BCUT2D eigenvalue weighted by molar-refractivity contribution is 5.96. The van der Waals surface area contributed by atoms with E-state index in [4.69, 9.17) is 10.5 Å². The lowest BCUT2D eigenvalue weighted by Crippen LogP contribution is -2.47. The summed E-state index contributed by atoms with van der Waals surface area (Å²) >= 11 is 0. The molecule has 3 aromatic rings. The second-order valence-corrected chi connectivity index (χ2v) is 8.56.